The lowest BCUT2D eigenvalue weighted by atomic mass is 10.3. The van der Waals surface area contributed by atoms with Crippen molar-refractivity contribution in [3.05, 3.63) is 41.3 Å². The predicted octanol–water partition coefficient (Wildman–Crippen LogP) is 3.55. The van der Waals surface area contributed by atoms with E-state index in [1.54, 1.807) is 11.8 Å². The highest BCUT2D eigenvalue weighted by Crippen LogP contribution is 2.20. The fraction of sp³-hybridized carbons (Fsp3) is 0.357. The molecule has 92 valence electrons. The van der Waals surface area contributed by atoms with E-state index in [0.717, 1.165) is 23.6 Å². The minimum absolute atomic E-state index is 0.124. The van der Waals surface area contributed by atoms with Gasteiger partial charge in [0.1, 0.15) is 0 Å². The number of carbonyl (C=O) groups excluding carboxylic acids is 1. The minimum Gasteiger partial charge on any atom is -0.339 e. The van der Waals surface area contributed by atoms with Gasteiger partial charge < -0.3 is 4.90 Å². The average Bonchev–Trinajstić information content (AvgIpc) is 2.38. The first-order valence-electron chi connectivity index (χ1n) is 5.86. The second-order valence-electron chi connectivity index (χ2n) is 3.71. The van der Waals surface area contributed by atoms with Gasteiger partial charge >= 0.3 is 0 Å². The molecule has 3 heteroatoms. The topological polar surface area (TPSA) is 20.3 Å². The quantitative estimate of drug-likeness (QED) is 0.587. The number of nitrogens with zero attached hydrogens (tertiary/aromatic N) is 1. The van der Waals surface area contributed by atoms with Crippen molar-refractivity contribution >= 4 is 17.7 Å². The number of hydrogen-bond acceptors (Lipinski definition) is 2. The van der Waals surface area contributed by atoms with Crippen LogP contribution in [0.3, 0.4) is 0 Å². The molecule has 1 amide bonds. The van der Waals surface area contributed by atoms with Gasteiger partial charge in [-0.1, -0.05) is 30.0 Å². The summed E-state index contributed by atoms with van der Waals surface area (Å²) in [5.41, 5.74) is 0.794. The summed E-state index contributed by atoms with van der Waals surface area (Å²) < 4.78 is 0. The molecule has 17 heavy (non-hydrogen) atoms. The maximum absolute atomic E-state index is 12.0. The van der Waals surface area contributed by atoms with E-state index in [-0.39, 0.29) is 5.91 Å². The Kier molecular flexibility index (Phi) is 5.84. The molecular formula is C14H19NOS. The van der Waals surface area contributed by atoms with Gasteiger partial charge in [0.2, 0.25) is 5.91 Å². The lowest BCUT2D eigenvalue weighted by Gasteiger charge is -2.18. The maximum atomic E-state index is 12.0. The minimum atomic E-state index is 0.124. The molecule has 0 heterocycles. The van der Waals surface area contributed by atoms with Crippen LogP contribution in [0, 0.1) is 0 Å². The highest BCUT2D eigenvalue weighted by Gasteiger charge is 2.10. The number of hydrogen-bond donors (Lipinski definition) is 0. The third kappa shape index (κ3) is 4.27. The van der Waals surface area contributed by atoms with Crippen LogP contribution in [0.2, 0.25) is 0 Å². The number of amides is 1. The Morgan fingerprint density at radius 2 is 1.82 bits per heavy atom. The van der Waals surface area contributed by atoms with Gasteiger partial charge in [-0.2, -0.15) is 0 Å². The molecule has 0 saturated heterocycles. The van der Waals surface area contributed by atoms with Crippen LogP contribution < -0.4 is 0 Å². The van der Waals surface area contributed by atoms with Gasteiger partial charge in [-0.25, -0.2) is 0 Å². The molecule has 0 bridgehead atoms. The fourth-order valence-corrected chi connectivity index (χ4v) is 2.19. The second kappa shape index (κ2) is 7.17. The molecule has 0 radical (unpaired) electrons. The van der Waals surface area contributed by atoms with Gasteiger partial charge in [-0.3, -0.25) is 4.79 Å². The zero-order valence-corrected chi connectivity index (χ0v) is 11.5. The second-order valence-corrected chi connectivity index (χ2v) is 4.65. The summed E-state index contributed by atoms with van der Waals surface area (Å²) in [5.74, 6) is 0.124. The Bertz CT molecular complexity index is 382. The van der Waals surface area contributed by atoms with E-state index < -0.39 is 0 Å². The molecule has 1 aromatic carbocycles. The van der Waals surface area contributed by atoms with E-state index in [9.17, 15) is 4.79 Å². The molecule has 0 fully saturated rings. The van der Waals surface area contributed by atoms with Crippen molar-refractivity contribution in [1.82, 2.24) is 4.90 Å². The van der Waals surface area contributed by atoms with Crippen LogP contribution in [0.25, 0.3) is 0 Å². The normalized spacial score (nSPS) is 11.4. The summed E-state index contributed by atoms with van der Waals surface area (Å²) in [4.78, 5) is 15.0. The van der Waals surface area contributed by atoms with Crippen LogP contribution in [-0.4, -0.2) is 23.9 Å². The summed E-state index contributed by atoms with van der Waals surface area (Å²) in [6.45, 7) is 7.39. The van der Waals surface area contributed by atoms with Gasteiger partial charge in [0, 0.05) is 23.6 Å². The highest BCUT2D eigenvalue weighted by atomic mass is 32.2. The smallest absolute Gasteiger partial charge is 0.249 e. The van der Waals surface area contributed by atoms with Crippen LogP contribution >= 0.6 is 11.8 Å². The Morgan fingerprint density at radius 1 is 1.24 bits per heavy atom. The zero-order valence-electron chi connectivity index (χ0n) is 10.6. The predicted molar refractivity (Wildman–Crippen MR) is 74.0 cm³/mol. The van der Waals surface area contributed by atoms with Crippen molar-refractivity contribution < 1.29 is 4.79 Å². The van der Waals surface area contributed by atoms with Crippen molar-refractivity contribution in [3.63, 3.8) is 0 Å². The lowest BCUT2D eigenvalue weighted by molar-refractivity contribution is -0.126. The number of likely N-dealkylation sites (N-methyl/N-ethyl adjacent to an activating group) is 1. The Balaban J connectivity index is 2.63. The maximum Gasteiger partial charge on any atom is 0.249 e. The number of rotatable bonds is 5. The van der Waals surface area contributed by atoms with Gasteiger partial charge in [0.05, 0.1) is 0 Å². The van der Waals surface area contributed by atoms with Gasteiger partial charge in [0.25, 0.3) is 0 Å². The Morgan fingerprint density at radius 3 is 2.35 bits per heavy atom. The number of benzene rings is 1. The fourth-order valence-electron chi connectivity index (χ4n) is 1.47. The summed E-state index contributed by atoms with van der Waals surface area (Å²) >= 11 is 1.59. The standard InChI is InChI=1S/C14H19NOS/c1-4-15(5-2)14(16)12(3)11-17-13-9-7-6-8-10-13/h6-11H,4-5H2,1-3H3. The molecule has 2 nitrogen and oxygen atoms in total. The van der Waals surface area contributed by atoms with Crippen LogP contribution in [-0.2, 0) is 4.79 Å². The summed E-state index contributed by atoms with van der Waals surface area (Å²) in [7, 11) is 0. The first-order chi connectivity index (χ1) is 8.19. The molecule has 0 unspecified atom stereocenters. The van der Waals surface area contributed by atoms with E-state index in [1.165, 1.54) is 0 Å². The molecule has 1 rings (SSSR count). The number of thioether (sulfide) groups is 1. The largest absolute Gasteiger partial charge is 0.339 e. The first-order valence-corrected chi connectivity index (χ1v) is 6.74. The molecule has 0 aliphatic carbocycles. The molecule has 0 aliphatic rings. The van der Waals surface area contributed by atoms with Crippen molar-refractivity contribution in [1.29, 1.82) is 0 Å². The molecular weight excluding hydrogens is 230 g/mol. The molecule has 0 aromatic heterocycles. The van der Waals surface area contributed by atoms with Crippen molar-refractivity contribution in [2.75, 3.05) is 13.1 Å². The molecule has 0 aliphatic heterocycles. The van der Waals surface area contributed by atoms with E-state index in [2.05, 4.69) is 0 Å². The van der Waals surface area contributed by atoms with Crippen LogP contribution in [0.15, 0.2) is 46.2 Å². The van der Waals surface area contributed by atoms with Crippen LogP contribution in [0.4, 0.5) is 0 Å². The van der Waals surface area contributed by atoms with Gasteiger partial charge in [-0.05, 0) is 38.3 Å². The summed E-state index contributed by atoms with van der Waals surface area (Å²) in [6, 6.07) is 10.1. The Labute approximate surface area is 108 Å². The lowest BCUT2D eigenvalue weighted by Crippen LogP contribution is -2.30. The highest BCUT2D eigenvalue weighted by molar-refractivity contribution is 8.02. The Hall–Kier alpha value is -1.22. The average molecular weight is 249 g/mol. The van der Waals surface area contributed by atoms with Crippen molar-refractivity contribution in [2.24, 2.45) is 0 Å². The van der Waals surface area contributed by atoms with Gasteiger partial charge in [0.15, 0.2) is 0 Å². The van der Waals surface area contributed by atoms with Crippen LogP contribution in [0.5, 0.6) is 0 Å². The van der Waals surface area contributed by atoms with Crippen molar-refractivity contribution in [2.45, 2.75) is 25.7 Å². The van der Waals surface area contributed by atoms with Crippen molar-refractivity contribution in [3.8, 4) is 0 Å². The van der Waals surface area contributed by atoms with E-state index in [1.807, 2.05) is 61.4 Å². The van der Waals surface area contributed by atoms with E-state index in [4.69, 9.17) is 0 Å². The molecule has 0 N–H and O–H groups in total. The molecule has 1 aromatic rings. The van der Waals surface area contributed by atoms with E-state index in [0.29, 0.717) is 0 Å². The summed E-state index contributed by atoms with van der Waals surface area (Å²) in [6.07, 6.45) is 0. The third-order valence-electron chi connectivity index (χ3n) is 2.50. The molecule has 0 saturated carbocycles. The number of carbonyl (C=O) groups is 1. The SMILES string of the molecule is CCN(CC)C(=O)C(C)=CSc1ccccc1. The molecule has 0 spiro atoms. The first kappa shape index (κ1) is 13.8. The summed E-state index contributed by atoms with van der Waals surface area (Å²) in [5, 5.41) is 1.93. The third-order valence-corrected chi connectivity index (χ3v) is 3.52. The molecule has 0 atom stereocenters. The monoisotopic (exact) mass is 249 g/mol. The zero-order chi connectivity index (χ0) is 12.7. The van der Waals surface area contributed by atoms with Gasteiger partial charge in [-0.15, -0.1) is 0 Å². The van der Waals surface area contributed by atoms with E-state index >= 15 is 0 Å². The van der Waals surface area contributed by atoms with Crippen LogP contribution in [0.1, 0.15) is 20.8 Å².